The number of fused-ring (bicyclic) bond motifs is 1. The number of hydrogen-bond donors (Lipinski definition) is 1. The van der Waals surface area contributed by atoms with E-state index < -0.39 is 11.4 Å². The number of H-pyrrole nitrogens is 1. The van der Waals surface area contributed by atoms with Gasteiger partial charge >= 0.3 is 0 Å². The van der Waals surface area contributed by atoms with Crippen molar-refractivity contribution in [3.63, 3.8) is 0 Å². The maximum Gasteiger partial charge on any atom is 0.259 e. The Bertz CT molecular complexity index is 1220. The van der Waals surface area contributed by atoms with E-state index >= 15 is 0 Å². The van der Waals surface area contributed by atoms with Crippen molar-refractivity contribution in [2.45, 2.75) is 0 Å². The largest absolute Gasteiger partial charge is 0.368 e. The molecule has 30 heavy (non-hydrogen) atoms. The Labute approximate surface area is 171 Å². The first-order valence-electron chi connectivity index (χ1n) is 9.46. The molecule has 0 aliphatic carbocycles. The number of carbonyl (C=O) groups is 1. The van der Waals surface area contributed by atoms with Crippen molar-refractivity contribution in [1.29, 1.82) is 5.26 Å². The number of nitrogens with zero attached hydrogens (tertiary/aromatic N) is 4. The third-order valence-corrected chi connectivity index (χ3v) is 5.04. The second-order valence-corrected chi connectivity index (χ2v) is 6.89. The topological polar surface area (TPSA) is 93.1 Å². The van der Waals surface area contributed by atoms with Crippen LogP contribution < -0.4 is 10.5 Å². The summed E-state index contributed by atoms with van der Waals surface area (Å²) >= 11 is 0. The number of aromatic amines is 1. The van der Waals surface area contributed by atoms with Gasteiger partial charge in [-0.05, 0) is 42.5 Å². The lowest BCUT2D eigenvalue weighted by molar-refractivity contribution is -0.126. The number of benzene rings is 2. The molecule has 1 N–H and O–H groups in total. The van der Waals surface area contributed by atoms with Crippen LogP contribution >= 0.6 is 0 Å². The molecule has 1 aliphatic heterocycles. The molecule has 8 heteroatoms. The van der Waals surface area contributed by atoms with Crippen LogP contribution in [-0.4, -0.2) is 47.0 Å². The van der Waals surface area contributed by atoms with Crippen molar-refractivity contribution < 1.29 is 9.18 Å². The van der Waals surface area contributed by atoms with E-state index in [1.54, 1.807) is 17.0 Å². The number of carbonyl (C=O) groups excluding carboxylic acids is 1. The fourth-order valence-electron chi connectivity index (χ4n) is 3.41. The summed E-state index contributed by atoms with van der Waals surface area (Å²) < 4.78 is 13.9. The van der Waals surface area contributed by atoms with E-state index in [4.69, 9.17) is 5.26 Å². The quantitative estimate of drug-likeness (QED) is 0.678. The van der Waals surface area contributed by atoms with Gasteiger partial charge in [0.25, 0.3) is 5.56 Å². The van der Waals surface area contributed by atoms with Crippen molar-refractivity contribution in [2.24, 2.45) is 0 Å². The van der Waals surface area contributed by atoms with Gasteiger partial charge in [-0.3, -0.25) is 9.59 Å². The molecule has 4 rings (SSSR count). The molecular weight excluding hydrogens is 385 g/mol. The van der Waals surface area contributed by atoms with Crippen LogP contribution in [0.3, 0.4) is 0 Å². The fraction of sp³-hybridized carbons (Fsp3) is 0.182. The number of para-hydroxylation sites is 1. The van der Waals surface area contributed by atoms with Crippen molar-refractivity contribution >= 4 is 28.6 Å². The van der Waals surface area contributed by atoms with Crippen LogP contribution in [-0.2, 0) is 4.79 Å². The number of rotatable bonds is 3. The Morgan fingerprint density at radius 3 is 2.57 bits per heavy atom. The molecule has 1 amide bonds. The van der Waals surface area contributed by atoms with Gasteiger partial charge in [0.05, 0.1) is 17.0 Å². The summed E-state index contributed by atoms with van der Waals surface area (Å²) in [5.41, 5.74) is 1.14. The normalized spacial score (nSPS) is 14.3. The molecule has 2 aromatic carbocycles. The van der Waals surface area contributed by atoms with Gasteiger partial charge in [0.1, 0.15) is 17.2 Å². The molecule has 0 radical (unpaired) electrons. The Balaban J connectivity index is 1.42. The zero-order valence-electron chi connectivity index (χ0n) is 16.0. The van der Waals surface area contributed by atoms with Crippen LogP contribution in [0, 0.1) is 17.1 Å². The van der Waals surface area contributed by atoms with Gasteiger partial charge in [0, 0.05) is 37.9 Å². The van der Waals surface area contributed by atoms with E-state index in [-0.39, 0.29) is 22.6 Å². The molecule has 0 unspecified atom stereocenters. The van der Waals surface area contributed by atoms with Crippen LogP contribution in [0.1, 0.15) is 11.4 Å². The number of hydrogen-bond acceptors (Lipinski definition) is 5. The van der Waals surface area contributed by atoms with Crippen molar-refractivity contribution in [3.8, 4) is 6.07 Å². The van der Waals surface area contributed by atoms with Gasteiger partial charge < -0.3 is 14.8 Å². The molecule has 2 heterocycles. The summed E-state index contributed by atoms with van der Waals surface area (Å²) in [6.45, 7) is 2.42. The molecule has 1 aromatic heterocycles. The highest BCUT2D eigenvalue weighted by molar-refractivity contribution is 5.91. The standard InChI is InChI=1S/C22H18FN5O2/c23-18-3-1-2-17-21(18)25-19(26-22(17)30)8-9-20(29)28-12-10-27(11-13-28)16-6-4-15(14-24)5-7-16/h1-9H,10-13H2,(H,25,26,30)/b9-8+. The average Bonchev–Trinajstić information content (AvgIpc) is 2.78. The maximum absolute atomic E-state index is 13.9. The SMILES string of the molecule is N#Cc1ccc(N2CCN(C(=O)/C=C/c3nc4c(F)cccc4c(=O)[nH]3)CC2)cc1. The molecule has 1 aliphatic rings. The van der Waals surface area contributed by atoms with Gasteiger partial charge in [0.15, 0.2) is 0 Å². The molecule has 0 bridgehead atoms. The smallest absolute Gasteiger partial charge is 0.259 e. The van der Waals surface area contributed by atoms with E-state index in [1.807, 2.05) is 12.1 Å². The van der Waals surface area contributed by atoms with Crippen LogP contribution in [0.5, 0.6) is 0 Å². The monoisotopic (exact) mass is 403 g/mol. The van der Waals surface area contributed by atoms with Crippen molar-refractivity contribution in [3.05, 3.63) is 76.1 Å². The molecule has 1 fully saturated rings. The zero-order valence-corrected chi connectivity index (χ0v) is 16.0. The predicted octanol–water partition coefficient (Wildman–Crippen LogP) is 2.30. The number of anilines is 1. The Morgan fingerprint density at radius 2 is 1.87 bits per heavy atom. The molecule has 3 aromatic rings. The van der Waals surface area contributed by atoms with Crippen LogP contribution in [0.2, 0.25) is 0 Å². The number of amides is 1. The first-order valence-corrected chi connectivity index (χ1v) is 9.46. The van der Waals surface area contributed by atoms with Gasteiger partial charge in [-0.2, -0.15) is 5.26 Å². The Morgan fingerprint density at radius 1 is 1.13 bits per heavy atom. The molecule has 1 saturated heterocycles. The van der Waals surface area contributed by atoms with Gasteiger partial charge in [0.2, 0.25) is 5.91 Å². The fourth-order valence-corrected chi connectivity index (χ4v) is 3.41. The maximum atomic E-state index is 13.9. The van der Waals surface area contributed by atoms with Gasteiger partial charge in [-0.1, -0.05) is 6.07 Å². The predicted molar refractivity (Wildman–Crippen MR) is 111 cm³/mol. The highest BCUT2D eigenvalue weighted by Crippen LogP contribution is 2.17. The molecule has 0 spiro atoms. The van der Waals surface area contributed by atoms with E-state index in [2.05, 4.69) is 20.9 Å². The molecule has 7 nitrogen and oxygen atoms in total. The number of aromatic nitrogens is 2. The summed E-state index contributed by atoms with van der Waals surface area (Å²) in [6.07, 6.45) is 2.73. The summed E-state index contributed by atoms with van der Waals surface area (Å²) in [6, 6.07) is 13.6. The lowest BCUT2D eigenvalue weighted by Crippen LogP contribution is -2.48. The minimum atomic E-state index is -0.585. The summed E-state index contributed by atoms with van der Waals surface area (Å²) in [4.78, 5) is 35.1. The number of nitrogens with one attached hydrogen (secondary N) is 1. The Hall–Kier alpha value is -3.99. The van der Waals surface area contributed by atoms with Crippen molar-refractivity contribution in [1.82, 2.24) is 14.9 Å². The minimum absolute atomic E-state index is 0.0237. The molecule has 0 saturated carbocycles. The second-order valence-electron chi connectivity index (χ2n) is 6.89. The van der Waals surface area contributed by atoms with Crippen LogP contribution in [0.15, 0.2) is 53.3 Å². The zero-order chi connectivity index (χ0) is 21.1. The lowest BCUT2D eigenvalue weighted by Gasteiger charge is -2.35. The minimum Gasteiger partial charge on any atom is -0.368 e. The van der Waals surface area contributed by atoms with Crippen LogP contribution in [0.4, 0.5) is 10.1 Å². The Kier molecular flexibility index (Phi) is 5.26. The third kappa shape index (κ3) is 3.91. The first kappa shape index (κ1) is 19.3. The van der Waals surface area contributed by atoms with E-state index in [1.165, 1.54) is 30.4 Å². The summed E-state index contributed by atoms with van der Waals surface area (Å²) in [5.74, 6) is -0.661. The van der Waals surface area contributed by atoms with Crippen LogP contribution in [0.25, 0.3) is 17.0 Å². The number of piperazine rings is 1. The third-order valence-electron chi connectivity index (χ3n) is 5.04. The highest BCUT2D eigenvalue weighted by atomic mass is 19.1. The van der Waals surface area contributed by atoms with E-state index in [0.29, 0.717) is 31.7 Å². The second kappa shape index (κ2) is 8.17. The molecule has 150 valence electrons. The average molecular weight is 403 g/mol. The lowest BCUT2D eigenvalue weighted by atomic mass is 10.2. The first-order chi connectivity index (χ1) is 14.5. The molecule has 0 atom stereocenters. The van der Waals surface area contributed by atoms with E-state index in [0.717, 1.165) is 5.69 Å². The summed E-state index contributed by atoms with van der Waals surface area (Å²) in [5, 5.41) is 9.06. The van der Waals surface area contributed by atoms with E-state index in [9.17, 15) is 14.0 Å². The summed E-state index contributed by atoms with van der Waals surface area (Å²) in [7, 11) is 0. The van der Waals surface area contributed by atoms with Crippen molar-refractivity contribution in [2.75, 3.05) is 31.1 Å². The van der Waals surface area contributed by atoms with Gasteiger partial charge in [-0.25, -0.2) is 9.37 Å². The number of nitriles is 1. The molecular formula is C22H18FN5O2. The number of halogens is 1. The van der Waals surface area contributed by atoms with Gasteiger partial charge in [-0.15, -0.1) is 0 Å². The highest BCUT2D eigenvalue weighted by Gasteiger charge is 2.20.